The highest BCUT2D eigenvalue weighted by atomic mass is 16.1. The number of piperidine rings is 1. The van der Waals surface area contributed by atoms with Gasteiger partial charge in [-0.15, -0.1) is 0 Å². The standard InChI is InChI=1S/C28H35N3O/c32-28(25-12-6-11-24-23-10-4-5-13-26(23)30-27(24)25)29-16-7-17-31-18-14-22(15-19-31)20-21-8-2-1-3-9-21/h1-5,8-10,13,22,25,30H,6-7,11-12,14-20H2,(H,29,32). The Balaban J connectivity index is 1.06. The van der Waals surface area contributed by atoms with E-state index in [1.54, 1.807) is 0 Å². The van der Waals surface area contributed by atoms with Crippen molar-refractivity contribution in [1.82, 2.24) is 15.2 Å². The highest BCUT2D eigenvalue weighted by Crippen LogP contribution is 2.36. The number of hydrogen-bond acceptors (Lipinski definition) is 2. The van der Waals surface area contributed by atoms with Crippen LogP contribution >= 0.6 is 0 Å². The van der Waals surface area contributed by atoms with Crippen LogP contribution in [0.5, 0.6) is 0 Å². The Bertz CT molecular complexity index is 1030. The topological polar surface area (TPSA) is 48.1 Å². The van der Waals surface area contributed by atoms with E-state index in [0.29, 0.717) is 0 Å². The van der Waals surface area contributed by atoms with Crippen LogP contribution in [0.25, 0.3) is 10.9 Å². The molecule has 5 rings (SSSR count). The maximum atomic E-state index is 13.0. The molecule has 3 aromatic rings. The number of benzene rings is 2. The number of hydrogen-bond donors (Lipinski definition) is 2. The van der Waals surface area contributed by atoms with Gasteiger partial charge in [-0.2, -0.15) is 0 Å². The van der Waals surface area contributed by atoms with Crippen LogP contribution in [0.1, 0.15) is 54.8 Å². The molecule has 1 aromatic heterocycles. The molecule has 1 unspecified atom stereocenters. The van der Waals surface area contributed by atoms with E-state index in [-0.39, 0.29) is 11.8 Å². The summed E-state index contributed by atoms with van der Waals surface area (Å²) in [5.74, 6) is 0.976. The van der Waals surface area contributed by atoms with Gasteiger partial charge in [-0.25, -0.2) is 0 Å². The lowest BCUT2D eigenvalue weighted by atomic mass is 9.86. The summed E-state index contributed by atoms with van der Waals surface area (Å²) in [5.41, 5.74) is 5.13. The minimum atomic E-state index is -0.0279. The van der Waals surface area contributed by atoms with Crippen LogP contribution in [0.4, 0.5) is 0 Å². The zero-order valence-electron chi connectivity index (χ0n) is 19.0. The Labute approximate surface area is 191 Å². The van der Waals surface area contributed by atoms with Crippen LogP contribution in [0.2, 0.25) is 0 Å². The summed E-state index contributed by atoms with van der Waals surface area (Å²) >= 11 is 0. The fraction of sp³-hybridized carbons (Fsp3) is 0.464. The van der Waals surface area contributed by atoms with Crippen LogP contribution in [-0.4, -0.2) is 42.0 Å². The third kappa shape index (κ3) is 4.75. The fourth-order valence-corrected chi connectivity index (χ4v) is 5.68. The molecule has 2 aromatic carbocycles. The van der Waals surface area contributed by atoms with Crippen LogP contribution in [0.3, 0.4) is 0 Å². The number of H-pyrrole nitrogens is 1. The molecule has 2 aliphatic rings. The second-order valence-electron chi connectivity index (χ2n) is 9.63. The van der Waals surface area contributed by atoms with Gasteiger partial charge in [0.1, 0.15) is 0 Å². The van der Waals surface area contributed by atoms with E-state index in [9.17, 15) is 4.79 Å². The van der Waals surface area contributed by atoms with E-state index in [0.717, 1.165) is 55.9 Å². The second kappa shape index (κ2) is 9.91. The molecule has 1 amide bonds. The van der Waals surface area contributed by atoms with Crippen molar-refractivity contribution in [2.45, 2.75) is 50.9 Å². The maximum absolute atomic E-state index is 13.0. The number of nitrogens with one attached hydrogen (secondary N) is 2. The molecule has 2 heterocycles. The minimum absolute atomic E-state index is 0.0279. The molecule has 1 atom stereocenters. The van der Waals surface area contributed by atoms with Crippen molar-refractivity contribution < 1.29 is 4.79 Å². The van der Waals surface area contributed by atoms with Gasteiger partial charge in [0.05, 0.1) is 5.92 Å². The molecular weight excluding hydrogens is 394 g/mol. The van der Waals surface area contributed by atoms with Crippen molar-refractivity contribution in [2.24, 2.45) is 5.92 Å². The van der Waals surface area contributed by atoms with Gasteiger partial charge in [-0.3, -0.25) is 4.79 Å². The predicted molar refractivity (Wildman–Crippen MR) is 131 cm³/mol. The summed E-state index contributed by atoms with van der Waals surface area (Å²) in [7, 11) is 0. The number of para-hydroxylation sites is 1. The average molecular weight is 430 g/mol. The summed E-state index contributed by atoms with van der Waals surface area (Å²) in [6.45, 7) is 4.23. The normalized spacial score (nSPS) is 19.7. The molecule has 0 saturated carbocycles. The molecule has 1 fully saturated rings. The van der Waals surface area contributed by atoms with Crippen molar-refractivity contribution in [3.05, 3.63) is 71.4 Å². The Hall–Kier alpha value is -2.59. The number of carbonyl (C=O) groups excluding carboxylic acids is 1. The van der Waals surface area contributed by atoms with Gasteiger partial charge in [0.15, 0.2) is 0 Å². The number of aromatic nitrogens is 1. The van der Waals surface area contributed by atoms with E-state index in [4.69, 9.17) is 0 Å². The molecule has 0 spiro atoms. The number of carbonyl (C=O) groups is 1. The zero-order valence-corrected chi connectivity index (χ0v) is 19.0. The highest BCUT2D eigenvalue weighted by Gasteiger charge is 2.29. The highest BCUT2D eigenvalue weighted by molar-refractivity contribution is 5.90. The molecule has 1 aliphatic heterocycles. The van der Waals surface area contributed by atoms with Crippen LogP contribution in [-0.2, 0) is 17.6 Å². The predicted octanol–water partition coefficient (Wildman–Crippen LogP) is 5.05. The number of amides is 1. The van der Waals surface area contributed by atoms with E-state index >= 15 is 0 Å². The lowest BCUT2D eigenvalue weighted by Crippen LogP contribution is -2.37. The lowest BCUT2D eigenvalue weighted by molar-refractivity contribution is -0.122. The maximum Gasteiger partial charge on any atom is 0.229 e. The Morgan fingerprint density at radius 1 is 1.00 bits per heavy atom. The fourth-order valence-electron chi connectivity index (χ4n) is 5.68. The largest absolute Gasteiger partial charge is 0.357 e. The van der Waals surface area contributed by atoms with Crippen LogP contribution in [0, 0.1) is 5.92 Å². The van der Waals surface area contributed by atoms with E-state index < -0.39 is 0 Å². The van der Waals surface area contributed by atoms with Crippen molar-refractivity contribution in [1.29, 1.82) is 0 Å². The van der Waals surface area contributed by atoms with Gasteiger partial charge in [-0.1, -0.05) is 48.5 Å². The van der Waals surface area contributed by atoms with Crippen molar-refractivity contribution in [3.8, 4) is 0 Å². The van der Waals surface area contributed by atoms with Crippen molar-refractivity contribution in [2.75, 3.05) is 26.2 Å². The first-order chi connectivity index (χ1) is 15.8. The molecule has 1 saturated heterocycles. The number of likely N-dealkylation sites (tertiary alicyclic amines) is 1. The molecular formula is C28H35N3O. The number of nitrogens with zero attached hydrogens (tertiary/aromatic N) is 1. The molecule has 32 heavy (non-hydrogen) atoms. The summed E-state index contributed by atoms with van der Waals surface area (Å²) < 4.78 is 0. The van der Waals surface area contributed by atoms with E-state index in [1.807, 2.05) is 0 Å². The molecule has 168 valence electrons. The Kier molecular flexibility index (Phi) is 6.59. The van der Waals surface area contributed by atoms with Gasteiger partial charge in [-0.05, 0) is 87.7 Å². The number of aromatic amines is 1. The van der Waals surface area contributed by atoms with Crippen LogP contribution in [0.15, 0.2) is 54.6 Å². The number of fused-ring (bicyclic) bond motifs is 3. The molecule has 0 radical (unpaired) electrons. The monoisotopic (exact) mass is 429 g/mol. The van der Waals surface area contributed by atoms with E-state index in [2.05, 4.69) is 69.8 Å². The summed E-state index contributed by atoms with van der Waals surface area (Å²) in [6.07, 6.45) is 7.91. The Morgan fingerprint density at radius 2 is 1.78 bits per heavy atom. The molecule has 0 bridgehead atoms. The third-order valence-electron chi connectivity index (χ3n) is 7.46. The van der Waals surface area contributed by atoms with Gasteiger partial charge < -0.3 is 15.2 Å². The van der Waals surface area contributed by atoms with Crippen LogP contribution < -0.4 is 5.32 Å². The average Bonchev–Trinajstić information content (AvgIpc) is 3.22. The van der Waals surface area contributed by atoms with Gasteiger partial charge in [0, 0.05) is 23.1 Å². The van der Waals surface area contributed by atoms with Crippen molar-refractivity contribution >= 4 is 16.8 Å². The quantitative estimate of drug-likeness (QED) is 0.517. The molecule has 1 aliphatic carbocycles. The SMILES string of the molecule is O=C(NCCCN1CCC(Cc2ccccc2)CC1)C1CCCc2c1[nH]c1ccccc21. The minimum Gasteiger partial charge on any atom is -0.357 e. The number of aryl methyl sites for hydroxylation is 1. The van der Waals surface area contributed by atoms with Gasteiger partial charge in [0.25, 0.3) is 0 Å². The lowest BCUT2D eigenvalue weighted by Gasteiger charge is -2.32. The van der Waals surface area contributed by atoms with E-state index in [1.165, 1.54) is 48.9 Å². The Morgan fingerprint density at radius 3 is 2.62 bits per heavy atom. The second-order valence-corrected chi connectivity index (χ2v) is 9.63. The molecule has 2 N–H and O–H groups in total. The van der Waals surface area contributed by atoms with Gasteiger partial charge in [0.2, 0.25) is 5.91 Å². The first-order valence-corrected chi connectivity index (χ1v) is 12.4. The van der Waals surface area contributed by atoms with Gasteiger partial charge >= 0.3 is 0 Å². The van der Waals surface area contributed by atoms with Crippen molar-refractivity contribution in [3.63, 3.8) is 0 Å². The first kappa shape index (κ1) is 21.3. The zero-order chi connectivity index (χ0) is 21.8. The third-order valence-corrected chi connectivity index (χ3v) is 7.46. The summed E-state index contributed by atoms with van der Waals surface area (Å²) in [6, 6.07) is 19.3. The summed E-state index contributed by atoms with van der Waals surface area (Å²) in [4.78, 5) is 19.1. The summed E-state index contributed by atoms with van der Waals surface area (Å²) in [5, 5.41) is 4.52. The first-order valence-electron chi connectivity index (χ1n) is 12.4. The smallest absolute Gasteiger partial charge is 0.229 e. The number of rotatable bonds is 7. The molecule has 4 heteroatoms. The molecule has 4 nitrogen and oxygen atoms in total.